The van der Waals surface area contributed by atoms with Gasteiger partial charge in [-0.2, -0.15) is 0 Å². The van der Waals surface area contributed by atoms with Gasteiger partial charge in [0.05, 0.1) is 32.0 Å². The SMILES string of the molecule is C=CC[C@H]1C[C@H](C)c2ccccc21.C=CC[Si](C)(C)C.C[C@@H](CC(=O)O)c1ccccc1.C[C@H]1C/C(=C\C(=O)O)c2ccccc21.C[C@H]1CC(=O)c2ccccc21.C[C@H]1C[C@@H](O)c2ccccc21.C[C@H]1C[C@H](CC(=O)O)c2ccccc21.O=C1C[C@@H](Cc2ccccc2)CO1. The van der Waals surface area contributed by atoms with E-state index in [2.05, 4.69) is 128 Å². The van der Waals surface area contributed by atoms with Crippen LogP contribution in [0.4, 0.5) is 0 Å². The van der Waals surface area contributed by atoms with Gasteiger partial charge >= 0.3 is 23.9 Å². The summed E-state index contributed by atoms with van der Waals surface area (Å²) in [6.07, 6.45) is 13.0. The second-order valence-corrected chi connectivity index (χ2v) is 33.1. The number of hydrogen-bond acceptors (Lipinski definition) is 7. The van der Waals surface area contributed by atoms with Crippen LogP contribution < -0.4 is 0 Å². The number of ether oxygens (including phenoxy) is 1. The Morgan fingerprint density at radius 1 is 0.526 bits per heavy atom. The van der Waals surface area contributed by atoms with E-state index in [0.29, 0.717) is 54.8 Å². The average molecular weight is 1300 g/mol. The first kappa shape index (κ1) is 75.5. The minimum Gasteiger partial charge on any atom is -0.481 e. The van der Waals surface area contributed by atoms with Gasteiger partial charge in [0.1, 0.15) is 0 Å². The summed E-state index contributed by atoms with van der Waals surface area (Å²) in [7, 11) is -0.775. The Kier molecular flexibility index (Phi) is 29.8. The largest absolute Gasteiger partial charge is 0.481 e. The van der Waals surface area contributed by atoms with Gasteiger partial charge in [0, 0.05) is 32.1 Å². The van der Waals surface area contributed by atoms with Crippen LogP contribution in [-0.2, 0) is 30.3 Å². The summed E-state index contributed by atoms with van der Waals surface area (Å²) >= 11 is 0. The lowest BCUT2D eigenvalue weighted by atomic mass is 9.98. The topological polar surface area (TPSA) is 175 Å². The van der Waals surface area contributed by atoms with Gasteiger partial charge in [0.25, 0.3) is 0 Å². The number of cyclic esters (lactones) is 1. The molecule has 1 fully saturated rings. The van der Waals surface area contributed by atoms with E-state index in [1.54, 1.807) is 11.1 Å². The molecule has 11 heteroatoms. The lowest BCUT2D eigenvalue weighted by molar-refractivity contribution is -0.138. The molecule has 1 saturated heterocycles. The number of carboxylic acids is 3. The summed E-state index contributed by atoms with van der Waals surface area (Å²) < 4.78 is 4.90. The third-order valence-corrected chi connectivity index (χ3v) is 19.9. The van der Waals surface area contributed by atoms with Crippen LogP contribution in [0, 0.1) is 5.92 Å². The molecular weight excluding hydrogens is 1200 g/mol. The van der Waals surface area contributed by atoms with Crippen molar-refractivity contribution in [2.24, 2.45) is 5.92 Å². The van der Waals surface area contributed by atoms with Crippen molar-refractivity contribution < 1.29 is 49.1 Å². The van der Waals surface area contributed by atoms with Crippen LogP contribution in [0.2, 0.25) is 25.7 Å². The van der Waals surface area contributed by atoms with Gasteiger partial charge in [-0.15, -0.1) is 13.2 Å². The Morgan fingerprint density at radius 2 is 0.979 bits per heavy atom. The monoisotopic (exact) mass is 1300 g/mol. The maximum atomic E-state index is 11.3. The molecule has 0 spiro atoms. The first-order valence-electron chi connectivity index (χ1n) is 33.9. The number of rotatable bonds is 12. The number of carbonyl (C=O) groups excluding carboxylic acids is 2. The zero-order valence-corrected chi connectivity index (χ0v) is 58.5. The van der Waals surface area contributed by atoms with Gasteiger partial charge < -0.3 is 25.2 Å². The van der Waals surface area contributed by atoms with E-state index in [-0.39, 0.29) is 36.8 Å². The average Bonchev–Trinajstić information content (AvgIpc) is 1.74. The number of carbonyl (C=O) groups is 5. The molecule has 0 amide bonds. The number of allylic oxidation sites excluding steroid dienone is 3. The summed E-state index contributed by atoms with van der Waals surface area (Å²) in [5.74, 6) is 2.03. The fourth-order valence-corrected chi connectivity index (χ4v) is 14.5. The molecule has 0 aromatic heterocycles. The number of aliphatic hydroxyl groups excluding tert-OH is 1. The number of ketones is 1. The van der Waals surface area contributed by atoms with Crippen molar-refractivity contribution in [1.29, 1.82) is 0 Å². The predicted octanol–water partition coefficient (Wildman–Crippen LogP) is 20.4. The Hall–Kier alpha value is -8.51. The van der Waals surface area contributed by atoms with Crippen molar-refractivity contribution in [2.75, 3.05) is 6.61 Å². The van der Waals surface area contributed by atoms with Gasteiger partial charge in [-0.1, -0.05) is 255 Å². The summed E-state index contributed by atoms with van der Waals surface area (Å²) in [6.45, 7) is 27.9. The van der Waals surface area contributed by atoms with Gasteiger partial charge in [-0.3, -0.25) is 19.2 Å². The summed E-state index contributed by atoms with van der Waals surface area (Å²) in [5.41, 5.74) is 15.9. The van der Waals surface area contributed by atoms with Crippen LogP contribution in [0.5, 0.6) is 0 Å². The second kappa shape index (κ2) is 37.5. The molecular formula is C84H102O10Si. The molecule has 7 aromatic carbocycles. The maximum Gasteiger partial charge on any atom is 0.328 e. The van der Waals surface area contributed by atoms with Crippen molar-refractivity contribution in [2.45, 2.75) is 185 Å². The van der Waals surface area contributed by atoms with Crippen molar-refractivity contribution in [3.63, 3.8) is 0 Å². The van der Waals surface area contributed by atoms with E-state index in [4.69, 9.17) is 20.1 Å². The molecule has 0 unspecified atom stereocenters. The Bertz CT molecular complexity index is 3630. The fourth-order valence-electron chi connectivity index (χ4n) is 13.7. The molecule has 1 aliphatic heterocycles. The fraction of sp³-hybridized carbons (Fsp3) is 0.369. The highest BCUT2D eigenvalue weighted by atomic mass is 28.3. The highest BCUT2D eigenvalue weighted by molar-refractivity contribution is 6.76. The Balaban J connectivity index is 0.000000173. The molecule has 10 nitrogen and oxygen atoms in total. The number of carboxylic acid groups (broad SMARTS) is 3. The Labute approximate surface area is 567 Å². The number of aliphatic hydroxyl groups is 1. The molecule has 13 rings (SSSR count). The number of aliphatic carboxylic acids is 3. The molecule has 4 N–H and O–H groups in total. The van der Waals surface area contributed by atoms with Crippen molar-refractivity contribution in [3.05, 3.63) is 280 Å². The van der Waals surface area contributed by atoms with Crippen LogP contribution >= 0.6 is 0 Å². The summed E-state index contributed by atoms with van der Waals surface area (Å²) in [5, 5.41) is 35.6. The highest BCUT2D eigenvalue weighted by Gasteiger charge is 2.31. The minimum absolute atomic E-state index is 0.0547. The molecule has 95 heavy (non-hydrogen) atoms. The standard InChI is InChI=1S/C13H16.C12H14O2.C12H12O2.C11H12O2.C10H12O2.C10H12O.C10H10O.C6H14Si/c1-3-6-11-9-10(2)12-7-4-5-8-13(11)12;2*1-8-6-9(7-12(13)14)11-5-3-2-4-10(8)11;12-11-7-10(8-13-11)6-9-4-2-1-3-5-9;1-8(7-10(11)12)9-5-3-2-4-6-9;2*1-7-6-10(11)9-5-3-2-4-8(7)9;1-5-6-7(2,3)4/h3-5,7-8,10-11H,1,6,9H2,2H3;2-5,8-9H,6-7H2,1H3,(H,13,14);2-5,7-8H,6H2,1H3,(H,13,14);1-5,10H,6-8H2;2-6,8H,7H2,1H3,(H,11,12);2-5,7,10-11H,6H2,1H3;2-5,7H,6H2,1H3;5H,1,6H2,2-4H3/b;;9-7+;;;;;/t10-,11-;8-,9+;8-;10-;8-;7-,10+;7-;/m0001000./s1. The molecule has 1 heterocycles. The predicted molar refractivity (Wildman–Crippen MR) is 389 cm³/mol. The van der Waals surface area contributed by atoms with Gasteiger partial charge in [0.15, 0.2) is 5.78 Å². The van der Waals surface area contributed by atoms with Crippen LogP contribution in [-0.4, -0.2) is 64.8 Å². The van der Waals surface area contributed by atoms with E-state index in [1.807, 2.05) is 140 Å². The number of Topliss-reactive ketones (excluding diaryl/α,β-unsaturated/α-hetero) is 1. The lowest BCUT2D eigenvalue weighted by Gasteiger charge is -2.10. The molecule has 5 aliphatic carbocycles. The van der Waals surface area contributed by atoms with Crippen LogP contribution in [0.25, 0.3) is 5.57 Å². The highest BCUT2D eigenvalue weighted by Crippen LogP contribution is 2.45. The molecule has 0 radical (unpaired) electrons. The van der Waals surface area contributed by atoms with Gasteiger partial charge in [0.2, 0.25) is 0 Å². The zero-order valence-electron chi connectivity index (χ0n) is 57.5. The smallest absolute Gasteiger partial charge is 0.328 e. The number of benzene rings is 7. The minimum atomic E-state index is -0.857. The first-order valence-corrected chi connectivity index (χ1v) is 37.6. The van der Waals surface area contributed by atoms with Crippen LogP contribution in [0.15, 0.2) is 213 Å². The van der Waals surface area contributed by atoms with Gasteiger partial charge in [-0.05, 0) is 159 Å². The van der Waals surface area contributed by atoms with Gasteiger partial charge in [-0.25, -0.2) is 4.79 Å². The number of fused-ring (bicyclic) bond motifs is 5. The van der Waals surface area contributed by atoms with Crippen LogP contribution in [0.3, 0.4) is 0 Å². The van der Waals surface area contributed by atoms with E-state index in [9.17, 15) is 29.1 Å². The molecule has 10 atom stereocenters. The van der Waals surface area contributed by atoms with E-state index in [1.165, 1.54) is 51.9 Å². The normalized spacial score (nSPS) is 21.6. The molecule has 0 saturated carbocycles. The molecule has 502 valence electrons. The van der Waals surface area contributed by atoms with Crippen molar-refractivity contribution in [3.8, 4) is 0 Å². The maximum absolute atomic E-state index is 11.3. The van der Waals surface area contributed by atoms with Crippen molar-refractivity contribution >= 4 is 43.3 Å². The third-order valence-electron chi connectivity index (χ3n) is 18.4. The first-order chi connectivity index (χ1) is 45.4. The van der Waals surface area contributed by atoms with E-state index < -0.39 is 26.0 Å². The molecule has 7 aromatic rings. The van der Waals surface area contributed by atoms with Crippen LogP contribution in [0.1, 0.15) is 224 Å². The quantitative estimate of drug-likeness (QED) is 0.0399. The van der Waals surface area contributed by atoms with E-state index in [0.717, 1.165) is 71.8 Å². The molecule has 6 aliphatic rings. The second-order valence-electron chi connectivity index (χ2n) is 27.6. The lowest BCUT2D eigenvalue weighted by Crippen LogP contribution is -2.16. The number of hydrogen-bond donors (Lipinski definition) is 4. The van der Waals surface area contributed by atoms with E-state index >= 15 is 0 Å². The number of esters is 1. The van der Waals surface area contributed by atoms with Crippen molar-refractivity contribution in [1.82, 2.24) is 0 Å². The Morgan fingerprint density at radius 3 is 1.45 bits per heavy atom. The molecule has 0 bridgehead atoms. The zero-order chi connectivity index (χ0) is 69.2. The summed E-state index contributed by atoms with van der Waals surface area (Å²) in [4.78, 5) is 53.7. The summed E-state index contributed by atoms with van der Waals surface area (Å²) in [6, 6.07) is 62.2. The third kappa shape index (κ3) is 23.7.